The maximum Gasteiger partial charge on any atom is 0.279 e. The van der Waals surface area contributed by atoms with Gasteiger partial charge in [-0.1, -0.05) is 22.0 Å². The van der Waals surface area contributed by atoms with Crippen molar-refractivity contribution in [2.45, 2.75) is 0 Å². The van der Waals surface area contributed by atoms with Crippen LogP contribution in [0.15, 0.2) is 44.5 Å². The Labute approximate surface area is 124 Å². The lowest BCUT2D eigenvalue weighted by Crippen LogP contribution is -2.12. The first kappa shape index (κ1) is 12.5. The van der Waals surface area contributed by atoms with Crippen LogP contribution in [0.4, 0.5) is 0 Å². The van der Waals surface area contributed by atoms with Gasteiger partial charge in [0.25, 0.3) is 5.70 Å². The van der Waals surface area contributed by atoms with Gasteiger partial charge in [0, 0.05) is 16.1 Å². The molecule has 2 aliphatic carbocycles. The molecule has 1 aromatic carbocycles. The Kier molecular flexibility index (Phi) is 2.79. The molecular formula is C13H5Br2NO3. The molecule has 6 heteroatoms. The maximum atomic E-state index is 12.1. The number of hydrogen-bond donors (Lipinski definition) is 0. The lowest BCUT2D eigenvalue weighted by Gasteiger charge is -2.11. The Morgan fingerprint density at radius 3 is 2.58 bits per heavy atom. The summed E-state index contributed by atoms with van der Waals surface area (Å²) in [6.45, 7) is 0. The van der Waals surface area contributed by atoms with Crippen molar-refractivity contribution in [1.29, 1.82) is 0 Å². The van der Waals surface area contributed by atoms with Gasteiger partial charge in [-0.2, -0.15) is 0 Å². The first-order chi connectivity index (χ1) is 8.99. The predicted octanol–water partition coefficient (Wildman–Crippen LogP) is 3.70. The molecule has 94 valence electrons. The van der Waals surface area contributed by atoms with E-state index in [0.29, 0.717) is 11.1 Å². The van der Waals surface area contributed by atoms with Crippen LogP contribution in [0.25, 0.3) is 11.6 Å². The van der Waals surface area contributed by atoms with Gasteiger partial charge >= 0.3 is 0 Å². The molecule has 0 aromatic heterocycles. The summed E-state index contributed by atoms with van der Waals surface area (Å²) in [6, 6.07) is 5.42. The zero-order valence-corrected chi connectivity index (χ0v) is 12.5. The monoisotopic (exact) mass is 381 g/mol. The van der Waals surface area contributed by atoms with Crippen molar-refractivity contribution >= 4 is 49.3 Å². The Bertz CT molecular complexity index is 744. The van der Waals surface area contributed by atoms with Crippen LogP contribution in [0.2, 0.25) is 0 Å². The molecule has 0 heterocycles. The average Bonchev–Trinajstić information content (AvgIpc) is 2.72. The summed E-state index contributed by atoms with van der Waals surface area (Å²) < 4.78 is 1.07. The second-order valence-electron chi connectivity index (χ2n) is 4.13. The van der Waals surface area contributed by atoms with E-state index < -0.39 is 4.92 Å². The van der Waals surface area contributed by atoms with E-state index in [2.05, 4.69) is 31.9 Å². The predicted molar refractivity (Wildman–Crippen MR) is 78.1 cm³/mol. The highest BCUT2D eigenvalue weighted by molar-refractivity contribution is 9.12. The highest BCUT2D eigenvalue weighted by Crippen LogP contribution is 2.43. The van der Waals surface area contributed by atoms with Gasteiger partial charge in [-0.05, 0) is 45.3 Å². The number of allylic oxidation sites excluding steroid dienone is 4. The number of fused-ring (bicyclic) bond motifs is 3. The highest BCUT2D eigenvalue weighted by atomic mass is 79.9. The molecule has 0 bridgehead atoms. The van der Waals surface area contributed by atoms with Crippen molar-refractivity contribution in [2.24, 2.45) is 0 Å². The molecular weight excluding hydrogens is 378 g/mol. The highest BCUT2D eigenvalue weighted by Gasteiger charge is 2.36. The second kappa shape index (κ2) is 4.25. The summed E-state index contributed by atoms with van der Waals surface area (Å²) in [7, 11) is 0. The molecule has 1 aromatic rings. The molecule has 0 saturated heterocycles. The van der Waals surface area contributed by atoms with Crippen molar-refractivity contribution < 1.29 is 9.72 Å². The molecule has 3 rings (SSSR count). The van der Waals surface area contributed by atoms with Crippen molar-refractivity contribution in [3.8, 4) is 0 Å². The molecule has 0 radical (unpaired) electrons. The number of carbonyl (C=O) groups is 1. The number of Topliss-reactive ketones (excluding diaryl/α,β-unsaturated/α-hetero) is 1. The van der Waals surface area contributed by atoms with E-state index in [1.807, 2.05) is 6.07 Å². The minimum atomic E-state index is -0.464. The minimum absolute atomic E-state index is 0.0567. The van der Waals surface area contributed by atoms with Gasteiger partial charge in [-0.3, -0.25) is 14.9 Å². The molecule has 2 aliphatic rings. The number of rotatable bonds is 1. The molecule has 0 saturated carbocycles. The van der Waals surface area contributed by atoms with Crippen LogP contribution >= 0.6 is 31.9 Å². The van der Waals surface area contributed by atoms with Gasteiger partial charge in [0.15, 0.2) is 0 Å². The lowest BCUT2D eigenvalue weighted by atomic mass is 9.94. The molecule has 0 amide bonds. The van der Waals surface area contributed by atoms with E-state index in [9.17, 15) is 14.9 Å². The number of benzene rings is 1. The second-order valence-corrected chi connectivity index (χ2v) is 5.90. The fourth-order valence-corrected chi connectivity index (χ4v) is 3.05. The quantitative estimate of drug-likeness (QED) is 0.549. The van der Waals surface area contributed by atoms with Gasteiger partial charge in [0.2, 0.25) is 5.78 Å². The van der Waals surface area contributed by atoms with Gasteiger partial charge in [-0.15, -0.1) is 0 Å². The number of halogens is 2. The van der Waals surface area contributed by atoms with Crippen LogP contribution < -0.4 is 0 Å². The third-order valence-electron chi connectivity index (χ3n) is 3.03. The molecule has 19 heavy (non-hydrogen) atoms. The molecule has 0 fully saturated rings. The summed E-state index contributed by atoms with van der Waals surface area (Å²) in [5, 5.41) is 11.2. The Morgan fingerprint density at radius 2 is 1.89 bits per heavy atom. The largest absolute Gasteiger partial charge is 0.288 e. The standard InChI is InChI=1S/C13H5Br2NO3/c14-7-1-2-8-6(3-7)4-9-12(8)11(16(18)19)5-10(15)13(9)17/h1-5H. The number of ketones is 1. The maximum absolute atomic E-state index is 12.1. The zero-order valence-electron chi connectivity index (χ0n) is 9.31. The number of nitrogens with zero attached hydrogens (tertiary/aromatic N) is 1. The number of hydrogen-bond acceptors (Lipinski definition) is 3. The molecule has 0 unspecified atom stereocenters. The summed E-state index contributed by atoms with van der Waals surface area (Å²) in [5.41, 5.74) is 2.24. The van der Waals surface area contributed by atoms with Crippen molar-refractivity contribution in [3.05, 3.63) is 65.7 Å². The SMILES string of the molecule is O=C1C(Br)=CC([N+](=O)[O-])=C2C1=Cc1cc(Br)ccc12. The third kappa shape index (κ3) is 1.82. The van der Waals surface area contributed by atoms with E-state index in [4.69, 9.17) is 0 Å². The Hall–Kier alpha value is -1.53. The van der Waals surface area contributed by atoms with Crippen LogP contribution in [-0.2, 0) is 4.79 Å². The summed E-state index contributed by atoms with van der Waals surface area (Å²) in [4.78, 5) is 22.8. The van der Waals surface area contributed by atoms with Crippen LogP contribution in [0.1, 0.15) is 11.1 Å². The smallest absolute Gasteiger partial charge is 0.279 e. The molecule has 0 spiro atoms. The summed E-state index contributed by atoms with van der Waals surface area (Å²) in [5.74, 6) is -0.229. The fourth-order valence-electron chi connectivity index (χ4n) is 2.24. The topological polar surface area (TPSA) is 60.2 Å². The normalized spacial score (nSPS) is 16.8. The molecule has 4 nitrogen and oxygen atoms in total. The van der Waals surface area contributed by atoms with Gasteiger partial charge in [-0.25, -0.2) is 0 Å². The Morgan fingerprint density at radius 1 is 1.16 bits per heavy atom. The average molecular weight is 383 g/mol. The summed E-state index contributed by atoms with van der Waals surface area (Å²) in [6.07, 6.45) is 2.96. The molecule has 0 aliphatic heterocycles. The van der Waals surface area contributed by atoms with Crippen molar-refractivity contribution in [2.75, 3.05) is 0 Å². The zero-order chi connectivity index (χ0) is 13.7. The van der Waals surface area contributed by atoms with Gasteiger partial charge < -0.3 is 0 Å². The van der Waals surface area contributed by atoms with Crippen molar-refractivity contribution in [1.82, 2.24) is 0 Å². The van der Waals surface area contributed by atoms with E-state index in [1.54, 1.807) is 18.2 Å². The van der Waals surface area contributed by atoms with E-state index in [-0.39, 0.29) is 16.0 Å². The first-order valence-electron chi connectivity index (χ1n) is 5.31. The number of carbonyl (C=O) groups excluding carboxylic acids is 1. The summed E-state index contributed by atoms with van der Waals surface area (Å²) >= 11 is 6.43. The van der Waals surface area contributed by atoms with Crippen LogP contribution in [0, 0.1) is 10.1 Å². The van der Waals surface area contributed by atoms with E-state index >= 15 is 0 Å². The minimum Gasteiger partial charge on any atom is -0.288 e. The third-order valence-corrected chi connectivity index (χ3v) is 4.11. The Balaban J connectivity index is 2.35. The van der Waals surface area contributed by atoms with Crippen LogP contribution in [0.5, 0.6) is 0 Å². The molecule has 0 atom stereocenters. The van der Waals surface area contributed by atoms with E-state index in [1.165, 1.54) is 6.08 Å². The van der Waals surface area contributed by atoms with Gasteiger partial charge in [0.1, 0.15) is 0 Å². The molecule has 0 N–H and O–H groups in total. The van der Waals surface area contributed by atoms with Crippen LogP contribution in [0.3, 0.4) is 0 Å². The lowest BCUT2D eigenvalue weighted by molar-refractivity contribution is -0.418. The van der Waals surface area contributed by atoms with Crippen molar-refractivity contribution in [3.63, 3.8) is 0 Å². The fraction of sp³-hybridized carbons (Fsp3) is 0. The van der Waals surface area contributed by atoms with Gasteiger partial charge in [0.05, 0.1) is 15.0 Å². The van der Waals surface area contributed by atoms with Crippen LogP contribution in [-0.4, -0.2) is 10.7 Å². The van der Waals surface area contributed by atoms with E-state index in [0.717, 1.165) is 15.6 Å². The number of nitro groups is 1. The first-order valence-corrected chi connectivity index (χ1v) is 6.90.